The van der Waals surface area contributed by atoms with Gasteiger partial charge in [0, 0.05) is 6.04 Å². The fourth-order valence-electron chi connectivity index (χ4n) is 5.56. The number of aliphatic carboxylic acids is 4. The number of carboxylic acids is 4. The molecule has 0 unspecified atom stereocenters. The monoisotopic (exact) mass is 689 g/mol. The maximum atomic E-state index is 13.0. The zero-order valence-corrected chi connectivity index (χ0v) is 29.0. The Morgan fingerprint density at radius 2 is 1.08 bits per heavy atom. The van der Waals surface area contributed by atoms with Crippen molar-refractivity contribution < 1.29 is 63.8 Å². The van der Waals surface area contributed by atoms with E-state index in [0.29, 0.717) is 12.8 Å². The van der Waals surface area contributed by atoms with Gasteiger partial charge < -0.3 is 40.7 Å². The molecular formula is C34H59NO13. The van der Waals surface area contributed by atoms with Crippen LogP contribution in [0.5, 0.6) is 0 Å². The summed E-state index contributed by atoms with van der Waals surface area (Å²) in [6, 6.07) is -0.255. The van der Waals surface area contributed by atoms with Crippen molar-refractivity contribution in [2.45, 2.75) is 155 Å². The van der Waals surface area contributed by atoms with Gasteiger partial charge in [0.2, 0.25) is 0 Å². The lowest BCUT2D eigenvalue weighted by Gasteiger charge is -2.33. The molecule has 14 heteroatoms. The number of nitrogens with two attached hydrogens (primary N) is 1. The maximum absolute atomic E-state index is 13.0. The highest BCUT2D eigenvalue weighted by molar-refractivity contribution is 5.83. The third-order valence-electron chi connectivity index (χ3n) is 8.55. The molecule has 0 aromatic carbocycles. The van der Waals surface area contributed by atoms with Crippen LogP contribution in [0.2, 0.25) is 0 Å². The fourth-order valence-corrected chi connectivity index (χ4v) is 5.56. The molecule has 8 atom stereocenters. The summed E-state index contributed by atoms with van der Waals surface area (Å²) in [5, 5.41) is 46.9. The van der Waals surface area contributed by atoms with E-state index in [1.165, 1.54) is 0 Å². The van der Waals surface area contributed by atoms with Crippen LogP contribution in [0.25, 0.3) is 0 Å². The Kier molecular flexibility index (Phi) is 23.1. The molecule has 0 rings (SSSR count). The van der Waals surface area contributed by atoms with Crippen LogP contribution in [0.15, 0.2) is 0 Å². The summed E-state index contributed by atoms with van der Waals surface area (Å²) < 4.78 is 11.5. The molecule has 0 saturated carbocycles. The van der Waals surface area contributed by atoms with Crippen LogP contribution in [0.4, 0.5) is 0 Å². The molecule has 14 nitrogen and oxygen atoms in total. The summed E-state index contributed by atoms with van der Waals surface area (Å²) in [6.07, 6.45) is 3.89. The molecule has 0 fully saturated rings. The predicted octanol–water partition coefficient (Wildman–Crippen LogP) is 4.62. The van der Waals surface area contributed by atoms with E-state index < -0.39 is 91.6 Å². The van der Waals surface area contributed by atoms with E-state index in [4.69, 9.17) is 25.4 Å². The summed E-state index contributed by atoms with van der Waals surface area (Å²) in [4.78, 5) is 71.6. The molecule has 0 aliphatic rings. The summed E-state index contributed by atoms with van der Waals surface area (Å²) >= 11 is 0. The summed E-state index contributed by atoms with van der Waals surface area (Å²) in [6.45, 7) is 7.49. The van der Waals surface area contributed by atoms with Gasteiger partial charge in [-0.25, -0.2) is 0 Å². The number of rotatable bonds is 29. The topological polar surface area (TPSA) is 248 Å². The van der Waals surface area contributed by atoms with Gasteiger partial charge in [0.25, 0.3) is 0 Å². The first-order chi connectivity index (χ1) is 22.5. The van der Waals surface area contributed by atoms with Crippen molar-refractivity contribution in [2.75, 3.05) is 0 Å². The molecule has 0 bridgehead atoms. The standard InChI is InChI=1S/C34H59NO13/c1-5-6-14-22(3)32(48-31(42)20-25(34(45)46)18-29(39)40)27(47-30(41)19-24(33(43)44)17-28(37)38)16-21(2)13-11-9-7-8-10-12-15-26(36)23(4)35/h21-27,32,36H,5-20,35H2,1-4H3,(H,37,38)(H,39,40)(H,43,44)(H,45,46)/t21-,22+,23-,24+,25+,26-,27-,32+/m0/s1. The molecule has 0 amide bonds. The van der Waals surface area contributed by atoms with Gasteiger partial charge >= 0.3 is 35.8 Å². The highest BCUT2D eigenvalue weighted by atomic mass is 16.6. The lowest BCUT2D eigenvalue weighted by atomic mass is 9.87. The number of aliphatic hydroxyl groups excluding tert-OH is 1. The van der Waals surface area contributed by atoms with Crippen LogP contribution >= 0.6 is 0 Å². The van der Waals surface area contributed by atoms with E-state index in [1.54, 1.807) is 13.8 Å². The molecule has 0 aromatic rings. The minimum absolute atomic E-state index is 0.0309. The van der Waals surface area contributed by atoms with Crippen LogP contribution < -0.4 is 5.73 Å². The van der Waals surface area contributed by atoms with Gasteiger partial charge in [-0.3, -0.25) is 28.8 Å². The second kappa shape index (κ2) is 24.8. The van der Waals surface area contributed by atoms with Gasteiger partial charge in [0.05, 0.1) is 43.6 Å². The third kappa shape index (κ3) is 20.9. The zero-order chi connectivity index (χ0) is 36.8. The van der Waals surface area contributed by atoms with Gasteiger partial charge in [0.15, 0.2) is 0 Å². The number of hydrogen-bond acceptors (Lipinski definition) is 10. The number of unbranched alkanes of at least 4 members (excludes halogenated alkanes) is 6. The van der Waals surface area contributed by atoms with E-state index in [9.17, 15) is 44.1 Å². The summed E-state index contributed by atoms with van der Waals surface area (Å²) in [5.74, 6) is -11.1. The van der Waals surface area contributed by atoms with Crippen LogP contribution in [-0.4, -0.2) is 85.7 Å². The van der Waals surface area contributed by atoms with Crippen LogP contribution in [0, 0.1) is 23.7 Å². The van der Waals surface area contributed by atoms with Crippen molar-refractivity contribution in [3.05, 3.63) is 0 Å². The van der Waals surface area contributed by atoms with Gasteiger partial charge in [-0.05, 0) is 38.0 Å². The molecule has 0 aliphatic carbocycles. The minimum Gasteiger partial charge on any atom is -0.481 e. The van der Waals surface area contributed by atoms with Gasteiger partial charge in [-0.2, -0.15) is 0 Å². The molecule has 0 aromatic heterocycles. The van der Waals surface area contributed by atoms with E-state index in [2.05, 4.69) is 0 Å². The number of ether oxygens (including phenoxy) is 2. The first-order valence-corrected chi connectivity index (χ1v) is 17.2. The summed E-state index contributed by atoms with van der Waals surface area (Å²) in [5.41, 5.74) is 5.69. The van der Waals surface area contributed by atoms with E-state index in [0.717, 1.165) is 57.8 Å². The van der Waals surface area contributed by atoms with Crippen molar-refractivity contribution in [1.29, 1.82) is 0 Å². The quantitative estimate of drug-likeness (QED) is 0.0463. The molecule has 278 valence electrons. The Labute approximate surface area is 283 Å². The molecular weight excluding hydrogens is 630 g/mol. The van der Waals surface area contributed by atoms with Crippen molar-refractivity contribution >= 4 is 35.8 Å². The van der Waals surface area contributed by atoms with Crippen molar-refractivity contribution in [1.82, 2.24) is 0 Å². The van der Waals surface area contributed by atoms with Gasteiger partial charge in [0.1, 0.15) is 12.2 Å². The second-order valence-electron chi connectivity index (χ2n) is 13.2. The van der Waals surface area contributed by atoms with Gasteiger partial charge in [-0.1, -0.05) is 78.6 Å². The predicted molar refractivity (Wildman–Crippen MR) is 175 cm³/mol. The first-order valence-electron chi connectivity index (χ1n) is 17.2. The largest absolute Gasteiger partial charge is 0.481 e. The van der Waals surface area contributed by atoms with E-state index in [-0.39, 0.29) is 24.3 Å². The average Bonchev–Trinajstić information content (AvgIpc) is 2.98. The Morgan fingerprint density at radius 3 is 1.52 bits per heavy atom. The molecule has 0 heterocycles. The van der Waals surface area contributed by atoms with Gasteiger partial charge in [-0.15, -0.1) is 0 Å². The number of esters is 2. The third-order valence-corrected chi connectivity index (χ3v) is 8.55. The maximum Gasteiger partial charge on any atom is 0.307 e. The molecule has 48 heavy (non-hydrogen) atoms. The smallest absolute Gasteiger partial charge is 0.307 e. The number of hydrogen-bond donors (Lipinski definition) is 6. The minimum atomic E-state index is -1.53. The molecule has 0 saturated heterocycles. The number of carbonyl (C=O) groups is 6. The van der Waals surface area contributed by atoms with Crippen molar-refractivity contribution in [2.24, 2.45) is 29.4 Å². The highest BCUT2D eigenvalue weighted by Gasteiger charge is 2.36. The lowest BCUT2D eigenvalue weighted by molar-refractivity contribution is -0.177. The van der Waals surface area contributed by atoms with Crippen LogP contribution in [0.3, 0.4) is 0 Å². The Hall–Kier alpha value is -3.26. The molecule has 0 radical (unpaired) electrons. The molecule has 7 N–H and O–H groups in total. The normalized spacial score (nSPS) is 16.4. The zero-order valence-electron chi connectivity index (χ0n) is 29.0. The Morgan fingerprint density at radius 1 is 0.625 bits per heavy atom. The average molecular weight is 690 g/mol. The Balaban J connectivity index is 5.80. The van der Waals surface area contributed by atoms with Crippen LogP contribution in [0.1, 0.15) is 130 Å². The number of carboxylic acid groups (broad SMARTS) is 4. The van der Waals surface area contributed by atoms with Crippen molar-refractivity contribution in [3.63, 3.8) is 0 Å². The highest BCUT2D eigenvalue weighted by Crippen LogP contribution is 2.29. The van der Waals surface area contributed by atoms with Crippen LogP contribution in [-0.2, 0) is 38.2 Å². The molecule has 0 spiro atoms. The number of carbonyl (C=O) groups excluding carboxylic acids is 2. The Bertz CT molecular complexity index is 1000. The van der Waals surface area contributed by atoms with E-state index >= 15 is 0 Å². The van der Waals surface area contributed by atoms with E-state index in [1.807, 2.05) is 13.8 Å². The molecule has 0 aliphatic heterocycles. The summed E-state index contributed by atoms with van der Waals surface area (Å²) in [7, 11) is 0. The fraction of sp³-hybridized carbons (Fsp3) is 0.824. The number of aliphatic hydroxyl groups is 1. The van der Waals surface area contributed by atoms with Crippen molar-refractivity contribution in [3.8, 4) is 0 Å². The SMILES string of the molecule is CCCC[C@@H](C)[C@@H](OC(=O)C[C@@H](CC(=O)O)C(=O)O)[C@H](C[C@@H](C)CCCCCCCC[C@H](O)[C@H](C)N)OC(=O)C[C@@H](CC(=O)O)C(=O)O. The second-order valence-corrected chi connectivity index (χ2v) is 13.2. The lowest BCUT2D eigenvalue weighted by Crippen LogP contribution is -2.42. The first kappa shape index (κ1) is 44.7.